The van der Waals surface area contributed by atoms with Crippen LogP contribution in [0.2, 0.25) is 0 Å². The van der Waals surface area contributed by atoms with E-state index in [1.54, 1.807) is 0 Å². The van der Waals surface area contributed by atoms with Crippen LogP contribution in [0.25, 0.3) is 0 Å². The Morgan fingerprint density at radius 1 is 0.545 bits per heavy atom. The Morgan fingerprint density at radius 3 is 1.27 bits per heavy atom. The lowest BCUT2D eigenvalue weighted by molar-refractivity contribution is 0.369. The maximum atomic E-state index is 5.85. The topological polar surface area (TPSA) is 9.23 Å². The molecule has 22 heavy (non-hydrogen) atoms. The Hall–Kier alpha value is 0.390. The van der Waals surface area contributed by atoms with Crippen molar-refractivity contribution >= 4 is 7.49 Å². The van der Waals surface area contributed by atoms with E-state index in [9.17, 15) is 0 Å². The number of rotatable bonds is 17. The molecule has 134 valence electrons. The Kier molecular flexibility index (Phi) is 16.5. The van der Waals surface area contributed by atoms with Gasteiger partial charge in [0.1, 0.15) is 7.49 Å². The molecule has 0 spiro atoms. The molecule has 0 saturated carbocycles. The molecule has 0 radical (unpaired) electrons. The van der Waals surface area contributed by atoms with E-state index < -0.39 is 7.49 Å². The van der Waals surface area contributed by atoms with E-state index in [1.165, 1.54) is 96.1 Å². The predicted octanol–water partition coefficient (Wildman–Crippen LogP) is 7.70. The standard InChI is InChI=1S/C20H44OP/c1-5-7-8-9-10-11-12-13-14-15-16-17-18-19-20-22(3,4)21-6-2/h5-20H2,1-4H3/q+1. The van der Waals surface area contributed by atoms with Crippen molar-refractivity contribution < 1.29 is 4.52 Å². The molecular formula is C20H44OP+. The first-order valence-corrected chi connectivity index (χ1v) is 12.9. The largest absolute Gasteiger partial charge is 0.239 e. The summed E-state index contributed by atoms with van der Waals surface area (Å²) < 4.78 is 5.85. The fourth-order valence-electron chi connectivity index (χ4n) is 3.10. The molecule has 0 aromatic heterocycles. The second-order valence-corrected chi connectivity index (χ2v) is 11.2. The van der Waals surface area contributed by atoms with Gasteiger partial charge in [-0.25, -0.2) is 4.52 Å². The minimum atomic E-state index is -1.03. The molecule has 0 saturated heterocycles. The minimum Gasteiger partial charge on any atom is -0.239 e. The van der Waals surface area contributed by atoms with Gasteiger partial charge in [-0.05, 0) is 19.8 Å². The molecule has 0 N–H and O–H groups in total. The smallest absolute Gasteiger partial charge is 0.139 e. The van der Waals surface area contributed by atoms with Crippen LogP contribution >= 0.6 is 7.49 Å². The van der Waals surface area contributed by atoms with Crippen molar-refractivity contribution in [2.24, 2.45) is 0 Å². The SMILES string of the molecule is CCCCCCCCCCCCCCCC[P+](C)(C)OCC. The molecule has 0 unspecified atom stereocenters. The fraction of sp³-hybridized carbons (Fsp3) is 1.00. The number of hydrogen-bond donors (Lipinski definition) is 0. The first kappa shape index (κ1) is 22.4. The van der Waals surface area contributed by atoms with Crippen molar-refractivity contribution in [1.29, 1.82) is 0 Å². The average Bonchev–Trinajstić information content (AvgIpc) is 2.47. The molecule has 0 rings (SSSR count). The zero-order chi connectivity index (χ0) is 16.5. The summed E-state index contributed by atoms with van der Waals surface area (Å²) in [6, 6.07) is 0. The molecule has 0 aromatic carbocycles. The monoisotopic (exact) mass is 331 g/mol. The summed E-state index contributed by atoms with van der Waals surface area (Å²) in [6.45, 7) is 9.96. The summed E-state index contributed by atoms with van der Waals surface area (Å²) in [7, 11) is -1.03. The molecule has 0 bridgehead atoms. The van der Waals surface area contributed by atoms with Crippen LogP contribution in [0.1, 0.15) is 104 Å². The third-order valence-electron chi connectivity index (χ3n) is 4.53. The highest BCUT2D eigenvalue weighted by molar-refractivity contribution is 7.69. The van der Waals surface area contributed by atoms with Gasteiger partial charge in [0, 0.05) is 0 Å². The summed E-state index contributed by atoms with van der Waals surface area (Å²) in [5, 5.41) is 0. The van der Waals surface area contributed by atoms with E-state index in [0.29, 0.717) is 0 Å². The Bertz CT molecular complexity index is 216. The molecule has 0 amide bonds. The van der Waals surface area contributed by atoms with Crippen LogP contribution in [0.15, 0.2) is 0 Å². The lowest BCUT2D eigenvalue weighted by atomic mass is 10.0. The average molecular weight is 332 g/mol. The van der Waals surface area contributed by atoms with Gasteiger partial charge in [0.25, 0.3) is 0 Å². The zero-order valence-electron chi connectivity index (χ0n) is 16.2. The molecule has 0 aromatic rings. The Labute approximate surface area is 142 Å². The van der Waals surface area contributed by atoms with Gasteiger partial charge in [0.05, 0.1) is 26.1 Å². The highest BCUT2D eigenvalue weighted by Gasteiger charge is 2.24. The zero-order valence-corrected chi connectivity index (χ0v) is 17.1. The first-order valence-electron chi connectivity index (χ1n) is 10.1. The summed E-state index contributed by atoms with van der Waals surface area (Å²) in [5.74, 6) is 0. The van der Waals surface area contributed by atoms with Crippen LogP contribution < -0.4 is 0 Å². The van der Waals surface area contributed by atoms with Crippen LogP contribution in [0.3, 0.4) is 0 Å². The lowest BCUT2D eigenvalue weighted by Gasteiger charge is -2.15. The highest BCUT2D eigenvalue weighted by Crippen LogP contribution is 2.52. The van der Waals surface area contributed by atoms with Crippen LogP contribution in [-0.4, -0.2) is 26.1 Å². The van der Waals surface area contributed by atoms with Crippen molar-refractivity contribution in [3.8, 4) is 0 Å². The van der Waals surface area contributed by atoms with Gasteiger partial charge < -0.3 is 0 Å². The van der Waals surface area contributed by atoms with Crippen molar-refractivity contribution in [1.82, 2.24) is 0 Å². The Balaban J connectivity index is 3.11. The van der Waals surface area contributed by atoms with Crippen LogP contribution in [0.5, 0.6) is 0 Å². The number of unbranched alkanes of at least 4 members (excludes halogenated alkanes) is 13. The summed E-state index contributed by atoms with van der Waals surface area (Å²) in [4.78, 5) is 0. The van der Waals surface area contributed by atoms with Gasteiger partial charge in [-0.15, -0.1) is 0 Å². The predicted molar refractivity (Wildman–Crippen MR) is 106 cm³/mol. The molecule has 2 heteroatoms. The first-order chi connectivity index (χ1) is 10.6. The molecule has 0 atom stereocenters. The van der Waals surface area contributed by atoms with Crippen molar-refractivity contribution in [3.05, 3.63) is 0 Å². The minimum absolute atomic E-state index is 0.888. The van der Waals surface area contributed by atoms with Crippen LogP contribution in [0.4, 0.5) is 0 Å². The van der Waals surface area contributed by atoms with Crippen molar-refractivity contribution in [2.75, 3.05) is 26.1 Å². The van der Waals surface area contributed by atoms with Gasteiger partial charge >= 0.3 is 0 Å². The third kappa shape index (κ3) is 16.8. The second-order valence-electron chi connectivity index (χ2n) is 7.31. The molecule has 0 aliphatic heterocycles. The van der Waals surface area contributed by atoms with Crippen molar-refractivity contribution in [2.45, 2.75) is 104 Å². The molecule has 0 aliphatic carbocycles. The van der Waals surface area contributed by atoms with E-state index in [1.807, 2.05) is 0 Å². The molecule has 0 fully saturated rings. The van der Waals surface area contributed by atoms with E-state index in [2.05, 4.69) is 27.2 Å². The maximum Gasteiger partial charge on any atom is 0.139 e. The molecule has 0 aliphatic rings. The normalized spacial score (nSPS) is 12.0. The van der Waals surface area contributed by atoms with Gasteiger partial charge in [-0.3, -0.25) is 0 Å². The van der Waals surface area contributed by atoms with E-state index in [0.717, 1.165) is 6.61 Å². The molecule has 0 heterocycles. The third-order valence-corrected chi connectivity index (χ3v) is 6.88. The maximum absolute atomic E-state index is 5.85. The van der Waals surface area contributed by atoms with E-state index in [-0.39, 0.29) is 0 Å². The summed E-state index contributed by atoms with van der Waals surface area (Å²) in [6.07, 6.45) is 21.5. The summed E-state index contributed by atoms with van der Waals surface area (Å²) >= 11 is 0. The quantitative estimate of drug-likeness (QED) is 0.196. The summed E-state index contributed by atoms with van der Waals surface area (Å²) in [5.41, 5.74) is 0. The Morgan fingerprint density at radius 2 is 0.909 bits per heavy atom. The van der Waals surface area contributed by atoms with Crippen molar-refractivity contribution in [3.63, 3.8) is 0 Å². The van der Waals surface area contributed by atoms with Gasteiger partial charge in [0.2, 0.25) is 0 Å². The fourth-order valence-corrected chi connectivity index (χ4v) is 4.91. The van der Waals surface area contributed by atoms with Crippen LogP contribution in [0, 0.1) is 0 Å². The van der Waals surface area contributed by atoms with Gasteiger partial charge in [0.15, 0.2) is 0 Å². The highest BCUT2D eigenvalue weighted by atomic mass is 31.2. The van der Waals surface area contributed by atoms with Crippen LogP contribution in [-0.2, 0) is 4.52 Å². The van der Waals surface area contributed by atoms with E-state index >= 15 is 0 Å². The molecular weight excluding hydrogens is 287 g/mol. The van der Waals surface area contributed by atoms with E-state index in [4.69, 9.17) is 4.52 Å². The van der Waals surface area contributed by atoms with Gasteiger partial charge in [-0.2, -0.15) is 0 Å². The lowest BCUT2D eigenvalue weighted by Crippen LogP contribution is -2.00. The molecule has 1 nitrogen and oxygen atoms in total. The second kappa shape index (κ2) is 16.3. The number of hydrogen-bond acceptors (Lipinski definition) is 1. The van der Waals surface area contributed by atoms with Gasteiger partial charge in [-0.1, -0.05) is 84.0 Å².